The van der Waals surface area contributed by atoms with E-state index in [1.165, 1.54) is 23.1 Å². The summed E-state index contributed by atoms with van der Waals surface area (Å²) in [5.41, 5.74) is 2.99. The number of thiophene rings is 1. The molecule has 0 saturated heterocycles. The number of nitrogens with one attached hydrogen (secondary N) is 1. The standard InChI is InChI=1S/C15H15NO3S2/c1-9-3-4-12(10(2)5-9)16-14(17)8-20-11-6-13(15(18)19)21-7-11/h3-7H,8H2,1-2H3,(H,16,17)(H,18,19). The number of amides is 1. The molecule has 2 aromatic rings. The fourth-order valence-corrected chi connectivity index (χ4v) is 3.46. The fourth-order valence-electron chi connectivity index (χ4n) is 1.80. The lowest BCUT2D eigenvalue weighted by Gasteiger charge is -2.08. The van der Waals surface area contributed by atoms with Gasteiger partial charge in [0.2, 0.25) is 5.91 Å². The van der Waals surface area contributed by atoms with Crippen molar-refractivity contribution in [3.63, 3.8) is 0 Å². The van der Waals surface area contributed by atoms with Crippen LogP contribution in [0.5, 0.6) is 0 Å². The van der Waals surface area contributed by atoms with Crippen LogP contribution in [-0.2, 0) is 4.79 Å². The highest BCUT2D eigenvalue weighted by Gasteiger charge is 2.10. The van der Waals surface area contributed by atoms with Crippen LogP contribution in [0.1, 0.15) is 20.8 Å². The second kappa shape index (κ2) is 6.78. The van der Waals surface area contributed by atoms with Crippen LogP contribution in [0.15, 0.2) is 34.5 Å². The van der Waals surface area contributed by atoms with Crippen LogP contribution in [-0.4, -0.2) is 22.7 Å². The van der Waals surface area contributed by atoms with Crippen molar-refractivity contribution in [3.8, 4) is 0 Å². The molecule has 0 fully saturated rings. The van der Waals surface area contributed by atoms with Crippen LogP contribution in [0.25, 0.3) is 0 Å². The molecule has 21 heavy (non-hydrogen) atoms. The maximum atomic E-state index is 11.9. The number of carboxylic acid groups (broad SMARTS) is 1. The molecule has 1 aromatic heterocycles. The van der Waals surface area contributed by atoms with Crippen molar-refractivity contribution < 1.29 is 14.7 Å². The number of rotatable bonds is 5. The Hall–Kier alpha value is -1.79. The quantitative estimate of drug-likeness (QED) is 0.822. The number of carboxylic acids is 1. The van der Waals surface area contributed by atoms with E-state index < -0.39 is 5.97 Å². The molecule has 0 aliphatic rings. The van der Waals surface area contributed by atoms with E-state index in [1.807, 2.05) is 32.0 Å². The number of hydrogen-bond acceptors (Lipinski definition) is 4. The largest absolute Gasteiger partial charge is 0.477 e. The summed E-state index contributed by atoms with van der Waals surface area (Å²) in [5, 5.41) is 13.5. The normalized spacial score (nSPS) is 10.4. The Kier molecular flexibility index (Phi) is 5.03. The van der Waals surface area contributed by atoms with Gasteiger partial charge in [-0.15, -0.1) is 23.1 Å². The highest BCUT2D eigenvalue weighted by Crippen LogP contribution is 2.25. The summed E-state index contributed by atoms with van der Waals surface area (Å²) in [6.45, 7) is 3.96. The summed E-state index contributed by atoms with van der Waals surface area (Å²) >= 11 is 2.50. The second-order valence-electron chi connectivity index (χ2n) is 4.61. The molecule has 0 spiro atoms. The Bertz CT molecular complexity index is 679. The zero-order chi connectivity index (χ0) is 15.4. The first kappa shape index (κ1) is 15.6. The summed E-state index contributed by atoms with van der Waals surface area (Å²) in [6.07, 6.45) is 0. The van der Waals surface area contributed by atoms with Gasteiger partial charge in [-0.25, -0.2) is 4.79 Å². The van der Waals surface area contributed by atoms with E-state index in [4.69, 9.17) is 5.11 Å². The number of carbonyl (C=O) groups excluding carboxylic acids is 1. The zero-order valence-corrected chi connectivity index (χ0v) is 13.3. The van der Waals surface area contributed by atoms with Gasteiger partial charge in [-0.3, -0.25) is 4.79 Å². The van der Waals surface area contributed by atoms with Gasteiger partial charge in [-0.1, -0.05) is 17.7 Å². The van der Waals surface area contributed by atoms with Gasteiger partial charge >= 0.3 is 5.97 Å². The van der Waals surface area contributed by atoms with Crippen LogP contribution in [0, 0.1) is 13.8 Å². The molecule has 0 bridgehead atoms. The lowest BCUT2D eigenvalue weighted by atomic mass is 10.1. The Morgan fingerprint density at radius 1 is 1.29 bits per heavy atom. The molecule has 2 N–H and O–H groups in total. The van der Waals surface area contributed by atoms with Gasteiger partial charge in [0.15, 0.2) is 0 Å². The van der Waals surface area contributed by atoms with E-state index in [2.05, 4.69) is 5.32 Å². The first-order valence-corrected chi connectivity index (χ1v) is 8.14. The first-order chi connectivity index (χ1) is 9.95. The minimum Gasteiger partial charge on any atom is -0.477 e. The monoisotopic (exact) mass is 321 g/mol. The summed E-state index contributed by atoms with van der Waals surface area (Å²) in [5.74, 6) is -0.787. The average Bonchev–Trinajstić information content (AvgIpc) is 2.89. The van der Waals surface area contributed by atoms with Crippen molar-refractivity contribution >= 4 is 40.7 Å². The minimum absolute atomic E-state index is 0.102. The van der Waals surface area contributed by atoms with E-state index in [1.54, 1.807) is 11.4 Å². The minimum atomic E-state index is -0.938. The third-order valence-corrected chi connectivity index (χ3v) is 4.86. The molecule has 1 amide bonds. The van der Waals surface area contributed by atoms with Gasteiger partial charge in [0, 0.05) is 16.0 Å². The van der Waals surface area contributed by atoms with Crippen LogP contribution in [0.3, 0.4) is 0 Å². The molecule has 6 heteroatoms. The summed E-state index contributed by atoms with van der Waals surface area (Å²) in [6, 6.07) is 7.44. The van der Waals surface area contributed by atoms with E-state index in [-0.39, 0.29) is 16.5 Å². The highest BCUT2D eigenvalue weighted by atomic mass is 32.2. The topological polar surface area (TPSA) is 66.4 Å². The SMILES string of the molecule is Cc1ccc(NC(=O)CSc2csc(C(=O)O)c2)c(C)c1. The molecule has 2 rings (SSSR count). The molecule has 110 valence electrons. The Balaban J connectivity index is 1.91. The molecule has 0 atom stereocenters. The third-order valence-electron chi connectivity index (χ3n) is 2.81. The Labute approximate surface area is 131 Å². The summed E-state index contributed by atoms with van der Waals surface area (Å²) in [7, 11) is 0. The van der Waals surface area contributed by atoms with Crippen molar-refractivity contribution in [1.29, 1.82) is 0 Å². The van der Waals surface area contributed by atoms with Gasteiger partial charge in [-0.05, 0) is 31.5 Å². The molecule has 0 unspecified atom stereocenters. The first-order valence-electron chi connectivity index (χ1n) is 6.27. The molecular weight excluding hydrogens is 306 g/mol. The maximum Gasteiger partial charge on any atom is 0.345 e. The predicted molar refractivity (Wildman–Crippen MR) is 86.5 cm³/mol. The van der Waals surface area contributed by atoms with Crippen molar-refractivity contribution in [1.82, 2.24) is 0 Å². The molecule has 0 aliphatic carbocycles. The molecule has 0 radical (unpaired) electrons. The molecule has 0 aliphatic heterocycles. The van der Waals surface area contributed by atoms with Crippen molar-refractivity contribution in [2.45, 2.75) is 18.7 Å². The smallest absolute Gasteiger partial charge is 0.345 e. The van der Waals surface area contributed by atoms with Gasteiger partial charge < -0.3 is 10.4 Å². The Morgan fingerprint density at radius 3 is 2.67 bits per heavy atom. The lowest BCUT2D eigenvalue weighted by molar-refractivity contribution is -0.113. The Morgan fingerprint density at radius 2 is 2.05 bits per heavy atom. The zero-order valence-electron chi connectivity index (χ0n) is 11.7. The van der Waals surface area contributed by atoms with E-state index >= 15 is 0 Å². The van der Waals surface area contributed by atoms with Gasteiger partial charge in [-0.2, -0.15) is 0 Å². The van der Waals surface area contributed by atoms with Crippen molar-refractivity contribution in [3.05, 3.63) is 45.6 Å². The van der Waals surface area contributed by atoms with Gasteiger partial charge in [0.1, 0.15) is 4.88 Å². The predicted octanol–water partition coefficient (Wildman–Crippen LogP) is 3.79. The van der Waals surface area contributed by atoms with E-state index in [9.17, 15) is 9.59 Å². The molecule has 1 heterocycles. The highest BCUT2D eigenvalue weighted by molar-refractivity contribution is 8.00. The van der Waals surface area contributed by atoms with Gasteiger partial charge in [0.25, 0.3) is 0 Å². The number of carbonyl (C=O) groups is 2. The fraction of sp³-hybridized carbons (Fsp3) is 0.200. The second-order valence-corrected chi connectivity index (χ2v) is 6.57. The molecular formula is C15H15NO3S2. The summed E-state index contributed by atoms with van der Waals surface area (Å²) in [4.78, 5) is 23.8. The molecule has 0 saturated carbocycles. The van der Waals surface area contributed by atoms with E-state index in [0.29, 0.717) is 0 Å². The van der Waals surface area contributed by atoms with Crippen LogP contribution < -0.4 is 5.32 Å². The maximum absolute atomic E-state index is 11.9. The van der Waals surface area contributed by atoms with Crippen LogP contribution >= 0.6 is 23.1 Å². The van der Waals surface area contributed by atoms with Gasteiger partial charge in [0.05, 0.1) is 5.75 Å². The lowest BCUT2D eigenvalue weighted by Crippen LogP contribution is -2.14. The van der Waals surface area contributed by atoms with Crippen LogP contribution in [0.4, 0.5) is 5.69 Å². The number of aromatic carboxylic acids is 1. The summed E-state index contributed by atoms with van der Waals surface area (Å²) < 4.78 is 0. The third kappa shape index (κ3) is 4.34. The average molecular weight is 321 g/mol. The molecule has 4 nitrogen and oxygen atoms in total. The van der Waals surface area contributed by atoms with Crippen molar-refractivity contribution in [2.24, 2.45) is 0 Å². The van der Waals surface area contributed by atoms with Crippen LogP contribution in [0.2, 0.25) is 0 Å². The number of thioether (sulfide) groups is 1. The number of hydrogen-bond donors (Lipinski definition) is 2. The number of aryl methyl sites for hydroxylation is 2. The van der Waals surface area contributed by atoms with Crippen molar-refractivity contribution in [2.75, 3.05) is 11.1 Å². The molecule has 1 aromatic carbocycles. The number of anilines is 1. The number of benzene rings is 1. The van der Waals surface area contributed by atoms with E-state index in [0.717, 1.165) is 21.7 Å².